The average Bonchev–Trinajstić information content (AvgIpc) is 2.01. The smallest absolute Gasteiger partial charge is 0.423 e. The van der Waals surface area contributed by atoms with Crippen LogP contribution in [0.15, 0.2) is 23.1 Å². The van der Waals surface area contributed by atoms with E-state index in [2.05, 4.69) is 0 Å². The van der Waals surface area contributed by atoms with Gasteiger partial charge in [-0.3, -0.25) is 0 Å². The summed E-state index contributed by atoms with van der Waals surface area (Å²) in [6.07, 6.45) is 0.869. The van der Waals surface area contributed by atoms with Crippen LogP contribution in [0, 0.1) is 5.82 Å². The van der Waals surface area contributed by atoms with Crippen LogP contribution in [0.4, 0.5) is 4.39 Å². The molecule has 0 aromatic heterocycles. The van der Waals surface area contributed by atoms with Gasteiger partial charge in [0.1, 0.15) is 5.82 Å². The Hall–Kier alpha value is -0.915. The Bertz CT molecular complexity index is 443. The normalized spacial score (nSPS) is 11.4. The highest BCUT2D eigenvalue weighted by atomic mass is 32.2. The maximum absolute atomic E-state index is 13.0. The van der Waals surface area contributed by atoms with Gasteiger partial charge >= 0.3 is 7.12 Å². The fraction of sp³-hybridized carbons (Fsp3) is 0.143. The highest BCUT2D eigenvalue weighted by Crippen LogP contribution is 2.08. The van der Waals surface area contributed by atoms with Crippen molar-refractivity contribution < 1.29 is 22.9 Å². The molecule has 0 unspecified atom stereocenters. The number of benzene rings is 1. The summed E-state index contributed by atoms with van der Waals surface area (Å²) in [7, 11) is -5.80. The molecule has 0 spiro atoms. The van der Waals surface area contributed by atoms with Crippen LogP contribution in [0.2, 0.25) is 0 Å². The van der Waals surface area contributed by atoms with E-state index < -0.39 is 33.1 Å². The van der Waals surface area contributed by atoms with Gasteiger partial charge in [0.2, 0.25) is 0 Å². The minimum Gasteiger partial charge on any atom is -0.423 e. The standard InChI is InChI=1S/C7H8BFO4S/c1-14(12,13)6-4-2-3-5(9)7(6)8(10)11/h2-4,10-11H,1H3. The van der Waals surface area contributed by atoms with Crippen LogP contribution in [-0.2, 0) is 9.84 Å². The van der Waals surface area contributed by atoms with E-state index in [1.165, 1.54) is 6.07 Å². The lowest BCUT2D eigenvalue weighted by Gasteiger charge is -2.07. The monoisotopic (exact) mass is 218 g/mol. The van der Waals surface area contributed by atoms with Crippen LogP contribution in [-0.4, -0.2) is 31.8 Å². The van der Waals surface area contributed by atoms with Gasteiger partial charge in [0.05, 0.1) is 4.90 Å². The third kappa shape index (κ3) is 2.12. The first kappa shape index (κ1) is 11.2. The molecule has 0 aliphatic rings. The van der Waals surface area contributed by atoms with Crippen molar-refractivity contribution in [2.24, 2.45) is 0 Å². The molecule has 0 saturated heterocycles. The summed E-state index contributed by atoms with van der Waals surface area (Å²) in [5.74, 6) is -0.956. The van der Waals surface area contributed by atoms with Crippen molar-refractivity contribution in [2.75, 3.05) is 6.26 Å². The molecular weight excluding hydrogens is 210 g/mol. The molecule has 0 fully saturated rings. The van der Waals surface area contributed by atoms with E-state index in [9.17, 15) is 12.8 Å². The fourth-order valence-electron chi connectivity index (χ4n) is 1.09. The second-order valence-corrected chi connectivity index (χ2v) is 4.78. The lowest BCUT2D eigenvalue weighted by molar-refractivity contribution is 0.421. The molecule has 1 aromatic carbocycles. The lowest BCUT2D eigenvalue weighted by Crippen LogP contribution is -2.36. The molecule has 0 radical (unpaired) electrons. The van der Waals surface area contributed by atoms with Crippen molar-refractivity contribution in [1.82, 2.24) is 0 Å². The van der Waals surface area contributed by atoms with Gasteiger partial charge in [0.15, 0.2) is 9.84 Å². The maximum atomic E-state index is 13.0. The summed E-state index contributed by atoms with van der Waals surface area (Å²) in [4.78, 5) is -0.410. The van der Waals surface area contributed by atoms with Crippen molar-refractivity contribution in [1.29, 1.82) is 0 Å². The van der Waals surface area contributed by atoms with Crippen LogP contribution in [0.5, 0.6) is 0 Å². The number of sulfone groups is 1. The molecule has 14 heavy (non-hydrogen) atoms. The molecule has 1 rings (SSSR count). The highest BCUT2D eigenvalue weighted by Gasteiger charge is 2.25. The largest absolute Gasteiger partial charge is 0.492 e. The van der Waals surface area contributed by atoms with Crippen molar-refractivity contribution in [3.63, 3.8) is 0 Å². The predicted octanol–water partition coefficient (Wildman–Crippen LogP) is -1.09. The van der Waals surface area contributed by atoms with Crippen molar-refractivity contribution >= 4 is 22.4 Å². The highest BCUT2D eigenvalue weighted by molar-refractivity contribution is 7.91. The summed E-state index contributed by atoms with van der Waals surface area (Å²) in [6.45, 7) is 0. The first-order valence-corrected chi connectivity index (χ1v) is 5.58. The van der Waals surface area contributed by atoms with Crippen molar-refractivity contribution in [3.8, 4) is 0 Å². The Balaban J connectivity index is 3.52. The van der Waals surface area contributed by atoms with Gasteiger partial charge in [-0.15, -0.1) is 0 Å². The molecule has 0 aliphatic heterocycles. The Kier molecular flexibility index (Phi) is 2.93. The number of halogens is 1. The van der Waals surface area contributed by atoms with Crippen LogP contribution >= 0.6 is 0 Å². The minimum absolute atomic E-state index is 0.410. The van der Waals surface area contributed by atoms with Gasteiger partial charge in [-0.05, 0) is 12.1 Å². The first-order chi connectivity index (χ1) is 6.34. The maximum Gasteiger partial charge on any atom is 0.492 e. The van der Waals surface area contributed by atoms with E-state index in [4.69, 9.17) is 10.0 Å². The molecule has 0 saturated carbocycles. The number of hydrogen-bond donors (Lipinski definition) is 2. The SMILES string of the molecule is CS(=O)(=O)c1cccc(F)c1B(O)O. The van der Waals surface area contributed by atoms with Crippen LogP contribution in [0.1, 0.15) is 0 Å². The molecule has 0 atom stereocenters. The summed E-state index contributed by atoms with van der Waals surface area (Å²) in [6, 6.07) is 3.27. The topological polar surface area (TPSA) is 74.6 Å². The third-order valence-corrected chi connectivity index (χ3v) is 2.83. The second kappa shape index (κ2) is 3.68. The summed E-state index contributed by atoms with van der Waals surface area (Å²) in [5, 5.41) is 17.6. The lowest BCUT2D eigenvalue weighted by atomic mass is 9.80. The zero-order chi connectivity index (χ0) is 10.9. The summed E-state index contributed by atoms with van der Waals surface area (Å²) in [5.41, 5.74) is -0.616. The molecule has 0 bridgehead atoms. The molecule has 2 N–H and O–H groups in total. The molecule has 0 heterocycles. The fourth-order valence-corrected chi connectivity index (χ4v) is 2.02. The molecular formula is C7H8BFO4S. The van der Waals surface area contributed by atoms with E-state index in [1.54, 1.807) is 0 Å². The minimum atomic E-state index is -3.66. The zero-order valence-corrected chi connectivity index (χ0v) is 8.12. The van der Waals surface area contributed by atoms with Gasteiger partial charge in [0.25, 0.3) is 0 Å². The Morgan fingerprint density at radius 2 is 1.93 bits per heavy atom. The van der Waals surface area contributed by atoms with Gasteiger partial charge in [-0.25, -0.2) is 12.8 Å². The van der Waals surface area contributed by atoms with Gasteiger partial charge in [0, 0.05) is 11.7 Å². The molecule has 76 valence electrons. The van der Waals surface area contributed by atoms with E-state index >= 15 is 0 Å². The second-order valence-electron chi connectivity index (χ2n) is 2.80. The van der Waals surface area contributed by atoms with Crippen LogP contribution in [0.3, 0.4) is 0 Å². The van der Waals surface area contributed by atoms with Crippen LogP contribution < -0.4 is 5.46 Å². The Morgan fingerprint density at radius 1 is 1.36 bits per heavy atom. The van der Waals surface area contributed by atoms with Gasteiger partial charge in [-0.1, -0.05) is 6.07 Å². The number of hydrogen-bond acceptors (Lipinski definition) is 4. The predicted molar refractivity (Wildman–Crippen MR) is 49.3 cm³/mol. The van der Waals surface area contributed by atoms with Crippen molar-refractivity contribution in [3.05, 3.63) is 24.0 Å². The van der Waals surface area contributed by atoms with E-state index in [0.717, 1.165) is 18.4 Å². The number of rotatable bonds is 2. The zero-order valence-electron chi connectivity index (χ0n) is 7.31. The first-order valence-electron chi connectivity index (χ1n) is 3.68. The molecule has 1 aromatic rings. The van der Waals surface area contributed by atoms with Gasteiger partial charge in [-0.2, -0.15) is 0 Å². The van der Waals surface area contributed by atoms with Crippen molar-refractivity contribution in [2.45, 2.75) is 4.90 Å². The quantitative estimate of drug-likeness (QED) is 0.618. The summed E-state index contributed by atoms with van der Waals surface area (Å²) < 4.78 is 35.3. The molecule has 4 nitrogen and oxygen atoms in total. The molecule has 0 amide bonds. The van der Waals surface area contributed by atoms with E-state index in [0.29, 0.717) is 0 Å². The average molecular weight is 218 g/mol. The Labute approximate surface area is 81.1 Å². The van der Waals surface area contributed by atoms with E-state index in [1.807, 2.05) is 0 Å². The van der Waals surface area contributed by atoms with E-state index in [-0.39, 0.29) is 0 Å². The van der Waals surface area contributed by atoms with Crippen LogP contribution in [0.25, 0.3) is 0 Å². The van der Waals surface area contributed by atoms with Gasteiger partial charge < -0.3 is 10.0 Å². The molecule has 7 heteroatoms. The summed E-state index contributed by atoms with van der Waals surface area (Å²) >= 11 is 0. The Morgan fingerprint density at radius 3 is 2.29 bits per heavy atom. The molecule has 0 aliphatic carbocycles. The third-order valence-electron chi connectivity index (χ3n) is 1.67.